The Bertz CT molecular complexity index is 5580. The summed E-state index contributed by atoms with van der Waals surface area (Å²) in [5.74, 6) is 0.139. The van der Waals surface area contributed by atoms with E-state index in [9.17, 15) is 31.4 Å². The van der Waals surface area contributed by atoms with Crippen molar-refractivity contribution in [3.05, 3.63) is 264 Å². The molecule has 0 saturated heterocycles. The molecule has 5 aromatic carbocycles. The number of carbonyl (C=O) groups excluding carboxylic acids is 4. The third kappa shape index (κ3) is 19.8. The second-order valence-corrected chi connectivity index (χ2v) is 29.7. The van der Waals surface area contributed by atoms with E-state index < -0.39 is 62.1 Å². The zero-order chi connectivity index (χ0) is 79.5. The Morgan fingerprint density at radius 2 is 0.929 bits per heavy atom. The highest BCUT2D eigenvalue weighted by molar-refractivity contribution is 7.84. The summed E-state index contributed by atoms with van der Waals surface area (Å²) < 4.78 is 89.7. The Kier molecular flexibility index (Phi) is 27.4. The summed E-state index contributed by atoms with van der Waals surface area (Å²) in [6.07, 6.45) is 16.6. The van der Waals surface area contributed by atoms with Crippen LogP contribution in [0.4, 0.5) is 50.8 Å². The molecule has 0 spiro atoms. The molecule has 13 aromatic rings. The van der Waals surface area contributed by atoms with E-state index in [4.69, 9.17) is 37.6 Å². The number of carbonyl (C=O) groups is 2. The lowest BCUT2D eigenvalue weighted by Gasteiger charge is -2.38. The first kappa shape index (κ1) is 85.0. The standard InChI is InChI=1S/C35H38FN7O2S.C31H30FN7O.C13H9F3N4.CO2.CH4O.CH4.ClH/c1-22-19-31(41-43(22)27-9-7-24-12-18-39-32(37)28(24)21-27)33(44)40-30-20-26(8-10-29(30)36)35(15-11-23-5-6-23,25-13-16-38-17-14-25)42-46(45)34(2,3)4;1-19-16-28(38-39(19)24-6-4-21-9-15-36-29(33)25(21)18-24)30(40)37-27-17-23(5-7-26(27)32)31(34,12-8-20-2-3-20)22-10-13-35-14-11-22;14-13(15,16)11-4-6-19-20(11)9-2-1-8-3-5-18-12(17)10(8)7-9;2-1-3;1-2;;/h7-10,12-14,16-21,23,42H,5-6,11,15H2,1-4H3,(H2,37,39)(H,40,44);4-7,9-11,13-18,20H,2-3,8,12,34H2,1H3,(H2,33,36)(H,37,40);1-7H,(H2,17,18);;2H,1H3;1H4;1H/t35?,46-;;;;;;/m1....../s1. The number of aromatic nitrogens is 11. The van der Waals surface area contributed by atoms with Gasteiger partial charge in [0.15, 0.2) is 11.4 Å². The van der Waals surface area contributed by atoms with Gasteiger partial charge in [0, 0.05) is 78.0 Å². The molecular formula is C82H86ClF5N18O6S. The van der Waals surface area contributed by atoms with Gasteiger partial charge in [0.05, 0.1) is 61.4 Å². The van der Waals surface area contributed by atoms with Crippen LogP contribution >= 0.6 is 12.4 Å². The summed E-state index contributed by atoms with van der Waals surface area (Å²) in [7, 11) is -0.459. The number of nitrogens with zero attached hydrogens (tertiary/aromatic N) is 11. The molecule has 15 rings (SSSR count). The number of alkyl halides is 3. The maximum Gasteiger partial charge on any atom is 0.433 e. The molecule has 2 aliphatic carbocycles. The normalized spacial score (nSPS) is 13.7. The van der Waals surface area contributed by atoms with Crippen molar-refractivity contribution in [3.8, 4) is 17.1 Å². The summed E-state index contributed by atoms with van der Waals surface area (Å²) in [5, 5.41) is 30.1. The van der Waals surface area contributed by atoms with Crippen molar-refractivity contribution in [3.63, 3.8) is 0 Å². The Morgan fingerprint density at radius 1 is 0.531 bits per heavy atom. The number of aliphatic hydroxyl groups is 1. The number of pyridine rings is 5. The monoisotopic (exact) mass is 1580 g/mol. The first-order chi connectivity index (χ1) is 53.1. The fourth-order valence-corrected chi connectivity index (χ4v) is 13.8. The number of fused-ring (bicyclic) bond motifs is 3. The van der Waals surface area contributed by atoms with E-state index >= 15 is 4.39 Å². The second-order valence-electron chi connectivity index (χ2n) is 27.8. The lowest BCUT2D eigenvalue weighted by atomic mass is 9.79. The van der Waals surface area contributed by atoms with Gasteiger partial charge >= 0.3 is 12.3 Å². The Labute approximate surface area is 657 Å². The summed E-state index contributed by atoms with van der Waals surface area (Å²) in [6, 6.07) is 42.8. The van der Waals surface area contributed by atoms with Crippen LogP contribution in [-0.4, -0.2) is 93.4 Å². The van der Waals surface area contributed by atoms with Gasteiger partial charge < -0.3 is 38.7 Å². The predicted octanol–water partition coefficient (Wildman–Crippen LogP) is 15.2. The van der Waals surface area contributed by atoms with Crippen molar-refractivity contribution in [2.75, 3.05) is 34.9 Å². The SMILES string of the molecule is C.CO.Cc1cc(C(=O)Nc2cc(C(CCC3CC3)(N[S@](=O)C(C)(C)C)c3ccncc3)ccc2F)nn1-c1ccc2ccnc(N)c2c1.Cc1cc(C(=O)Nc2cc(C(N)(CCC3CC3)c3ccncc3)ccc2F)nn1-c1ccc2ccnc(N)c2c1.Cl.Nc1nccc2ccc(-n3nccc3C(F)(F)F)cc12.O=C=O. The third-order valence-corrected chi connectivity index (χ3v) is 20.8. The number of rotatable bonds is 19. The molecule has 0 bridgehead atoms. The minimum atomic E-state index is -4.47. The zero-order valence-electron chi connectivity index (χ0n) is 61.8. The highest BCUT2D eigenvalue weighted by Gasteiger charge is 2.41. The van der Waals surface area contributed by atoms with Crippen molar-refractivity contribution >= 4 is 103 Å². The Hall–Kier alpha value is -12.1. The van der Waals surface area contributed by atoms with Gasteiger partial charge in [-0.2, -0.15) is 38.1 Å². The number of nitrogens with one attached hydrogen (secondary N) is 3. The molecule has 12 N–H and O–H groups in total. The van der Waals surface area contributed by atoms with Crippen LogP contribution in [0.1, 0.15) is 140 Å². The molecule has 31 heteroatoms. The summed E-state index contributed by atoms with van der Waals surface area (Å²) in [6.45, 7) is 9.42. The lowest BCUT2D eigenvalue weighted by molar-refractivity contribution is -0.191. The lowest BCUT2D eigenvalue weighted by Crippen LogP contribution is -2.49. The number of nitrogen functional groups attached to an aromatic ring is 3. The van der Waals surface area contributed by atoms with E-state index in [2.05, 4.69) is 55.6 Å². The van der Waals surface area contributed by atoms with Crippen LogP contribution < -0.4 is 38.3 Å². The van der Waals surface area contributed by atoms with E-state index in [-0.39, 0.29) is 60.3 Å². The van der Waals surface area contributed by atoms with Crippen LogP contribution in [0, 0.1) is 37.3 Å². The first-order valence-corrected chi connectivity index (χ1v) is 36.4. The van der Waals surface area contributed by atoms with Gasteiger partial charge in [-0.1, -0.05) is 63.4 Å². The Morgan fingerprint density at radius 3 is 1.35 bits per heavy atom. The topological polar surface area (TPSA) is 364 Å². The maximum absolute atomic E-state index is 15.4. The molecule has 2 aliphatic rings. The van der Waals surface area contributed by atoms with Crippen LogP contribution in [0.5, 0.6) is 0 Å². The largest absolute Gasteiger partial charge is 0.433 e. The van der Waals surface area contributed by atoms with Crippen LogP contribution in [0.15, 0.2) is 201 Å². The summed E-state index contributed by atoms with van der Waals surface area (Å²) in [5.41, 5.74) is 29.0. The molecule has 113 heavy (non-hydrogen) atoms. The fourth-order valence-electron chi connectivity index (χ4n) is 12.8. The van der Waals surface area contributed by atoms with Gasteiger partial charge in [0.25, 0.3) is 11.8 Å². The van der Waals surface area contributed by atoms with E-state index in [1.54, 1.807) is 113 Å². The summed E-state index contributed by atoms with van der Waals surface area (Å²) in [4.78, 5) is 63.6. The van der Waals surface area contributed by atoms with E-state index in [1.165, 1.54) is 25.0 Å². The number of aryl methyl sites for hydroxylation is 2. The number of nitrogens with two attached hydrogens (primary N) is 4. The molecule has 8 heterocycles. The molecule has 2 unspecified atom stereocenters. The highest BCUT2D eigenvalue weighted by atomic mass is 35.5. The molecule has 2 amide bonds. The molecular weight excluding hydrogens is 1500 g/mol. The number of hydrogen-bond donors (Lipinski definition) is 8. The van der Waals surface area contributed by atoms with E-state index in [1.807, 2.05) is 107 Å². The molecule has 3 atom stereocenters. The van der Waals surface area contributed by atoms with Gasteiger partial charge in [-0.25, -0.2) is 46.7 Å². The number of halogens is 6. The molecule has 0 radical (unpaired) electrons. The Balaban J connectivity index is 0.000000199. The van der Waals surface area contributed by atoms with E-state index in [0.717, 1.165) is 105 Å². The smallest absolute Gasteiger partial charge is 0.400 e. The van der Waals surface area contributed by atoms with Gasteiger partial charge in [-0.05, 0) is 232 Å². The van der Waals surface area contributed by atoms with Gasteiger partial charge in [-0.3, -0.25) is 19.6 Å². The van der Waals surface area contributed by atoms with Crippen molar-refractivity contribution in [1.29, 1.82) is 0 Å². The van der Waals surface area contributed by atoms with E-state index in [0.29, 0.717) is 58.6 Å². The second kappa shape index (κ2) is 36.4. The average Bonchev–Trinajstić information content (AvgIpc) is 1.63. The number of hydrogen-bond acceptors (Lipinski definition) is 18. The summed E-state index contributed by atoms with van der Waals surface area (Å²) >= 11 is 0. The molecule has 2 fully saturated rings. The number of benzene rings is 5. The van der Waals surface area contributed by atoms with Crippen molar-refractivity contribution in [2.24, 2.45) is 17.6 Å². The highest BCUT2D eigenvalue weighted by Crippen LogP contribution is 2.44. The quantitative estimate of drug-likeness (QED) is 0.0349. The van der Waals surface area contributed by atoms with Crippen LogP contribution in [0.2, 0.25) is 0 Å². The van der Waals surface area contributed by atoms with Gasteiger partial charge in [0.1, 0.15) is 34.8 Å². The van der Waals surface area contributed by atoms with Crippen molar-refractivity contribution in [2.45, 2.75) is 115 Å². The number of anilines is 5. The predicted molar refractivity (Wildman–Crippen MR) is 429 cm³/mol. The molecule has 24 nitrogen and oxygen atoms in total. The third-order valence-electron chi connectivity index (χ3n) is 19.1. The van der Waals surface area contributed by atoms with Gasteiger partial charge in [0.2, 0.25) is 0 Å². The zero-order valence-corrected chi connectivity index (χ0v) is 63.4. The number of amides is 2. The van der Waals surface area contributed by atoms with Crippen LogP contribution in [-0.2, 0) is 37.8 Å². The molecule has 2 saturated carbocycles. The van der Waals surface area contributed by atoms with Crippen molar-refractivity contribution < 1.29 is 50.4 Å². The average molecular weight is 1580 g/mol. The van der Waals surface area contributed by atoms with Crippen LogP contribution in [0.3, 0.4) is 0 Å². The maximum atomic E-state index is 15.4. The number of aliphatic hydroxyl groups excluding tert-OH is 1. The molecule has 8 aromatic heterocycles. The minimum Gasteiger partial charge on any atom is -0.400 e. The van der Waals surface area contributed by atoms with Crippen molar-refractivity contribution in [1.82, 2.24) is 59.0 Å². The van der Waals surface area contributed by atoms with Gasteiger partial charge in [-0.15, -0.1) is 12.4 Å². The molecule has 588 valence electrons. The van der Waals surface area contributed by atoms with Crippen LogP contribution in [0.25, 0.3) is 49.4 Å². The first-order valence-electron chi connectivity index (χ1n) is 35.3. The minimum absolute atomic E-state index is 0. The fraction of sp³-hybridized carbons (Fsp3) is 0.256. The molecule has 0 aliphatic heterocycles.